The van der Waals surface area contributed by atoms with Gasteiger partial charge in [-0.3, -0.25) is 0 Å². The number of allylic oxidation sites excluding steroid dienone is 1. The molecule has 126 valence electrons. The van der Waals surface area contributed by atoms with Crippen LogP contribution in [0.15, 0.2) is 11.6 Å². The van der Waals surface area contributed by atoms with E-state index in [2.05, 4.69) is 33.8 Å². The van der Waals surface area contributed by atoms with Gasteiger partial charge >= 0.3 is 0 Å². The third-order valence-corrected chi connectivity index (χ3v) is 7.56. The van der Waals surface area contributed by atoms with Gasteiger partial charge in [0.2, 0.25) is 0 Å². The standard InChI is InChI=1S/C20H34O2/c1-13(2)14-6-7-16-15(10-14)17(22)11-18-19(3,12-21)8-5-9-20(16,18)4/h10,13-14,16-18,21-22H,5-9,11-12H2,1-4H3/t14-,16-,17+,18-,19-,20+/m0/s1. The maximum atomic E-state index is 10.8. The monoisotopic (exact) mass is 306 g/mol. The molecular formula is C20H34O2. The van der Waals surface area contributed by atoms with Gasteiger partial charge in [-0.2, -0.15) is 0 Å². The van der Waals surface area contributed by atoms with E-state index in [-0.39, 0.29) is 23.5 Å². The summed E-state index contributed by atoms with van der Waals surface area (Å²) in [5.74, 6) is 2.28. The van der Waals surface area contributed by atoms with E-state index in [4.69, 9.17) is 0 Å². The highest BCUT2D eigenvalue weighted by Gasteiger charge is 2.57. The van der Waals surface area contributed by atoms with Crippen LogP contribution in [0.3, 0.4) is 0 Å². The Labute approximate surface area is 136 Å². The van der Waals surface area contributed by atoms with Crippen LogP contribution >= 0.6 is 0 Å². The van der Waals surface area contributed by atoms with Crippen LogP contribution in [0.1, 0.15) is 66.2 Å². The van der Waals surface area contributed by atoms with Crippen molar-refractivity contribution in [2.24, 2.45) is 34.5 Å². The summed E-state index contributed by atoms with van der Waals surface area (Å²) in [5.41, 5.74) is 1.60. The number of aliphatic hydroxyl groups is 2. The molecular weight excluding hydrogens is 272 g/mol. The molecule has 2 nitrogen and oxygen atoms in total. The van der Waals surface area contributed by atoms with Crippen molar-refractivity contribution in [3.05, 3.63) is 11.6 Å². The van der Waals surface area contributed by atoms with Crippen LogP contribution < -0.4 is 0 Å². The summed E-state index contributed by atoms with van der Waals surface area (Å²) >= 11 is 0. The van der Waals surface area contributed by atoms with Crippen LogP contribution in [0.5, 0.6) is 0 Å². The Morgan fingerprint density at radius 3 is 2.59 bits per heavy atom. The van der Waals surface area contributed by atoms with Gasteiger partial charge in [0.1, 0.15) is 0 Å². The van der Waals surface area contributed by atoms with Crippen molar-refractivity contribution >= 4 is 0 Å². The summed E-state index contributed by atoms with van der Waals surface area (Å²) in [4.78, 5) is 0. The van der Waals surface area contributed by atoms with Crippen molar-refractivity contribution in [3.8, 4) is 0 Å². The zero-order valence-corrected chi connectivity index (χ0v) is 14.8. The third-order valence-electron chi connectivity index (χ3n) is 7.56. The van der Waals surface area contributed by atoms with Crippen molar-refractivity contribution in [2.75, 3.05) is 6.61 Å². The lowest BCUT2D eigenvalue weighted by molar-refractivity contribution is -0.112. The Bertz CT molecular complexity index is 455. The minimum Gasteiger partial charge on any atom is -0.396 e. The number of fused-ring (bicyclic) bond motifs is 3. The van der Waals surface area contributed by atoms with E-state index in [1.165, 1.54) is 31.3 Å². The lowest BCUT2D eigenvalue weighted by atomic mass is 9.45. The molecule has 22 heavy (non-hydrogen) atoms. The Morgan fingerprint density at radius 1 is 1.23 bits per heavy atom. The molecule has 2 N–H and O–H groups in total. The fraction of sp³-hybridized carbons (Fsp3) is 0.900. The van der Waals surface area contributed by atoms with Gasteiger partial charge in [0.25, 0.3) is 0 Å². The zero-order valence-electron chi connectivity index (χ0n) is 14.8. The second-order valence-electron chi connectivity index (χ2n) is 9.18. The maximum Gasteiger partial charge on any atom is 0.0756 e. The molecule has 0 radical (unpaired) electrons. The predicted molar refractivity (Wildman–Crippen MR) is 90.4 cm³/mol. The van der Waals surface area contributed by atoms with Gasteiger partial charge < -0.3 is 10.2 Å². The number of hydrogen-bond donors (Lipinski definition) is 2. The van der Waals surface area contributed by atoms with Crippen LogP contribution in [0.2, 0.25) is 0 Å². The van der Waals surface area contributed by atoms with Crippen molar-refractivity contribution in [3.63, 3.8) is 0 Å². The van der Waals surface area contributed by atoms with Crippen molar-refractivity contribution in [1.29, 1.82) is 0 Å². The van der Waals surface area contributed by atoms with Crippen LogP contribution in [-0.4, -0.2) is 22.9 Å². The highest BCUT2D eigenvalue weighted by molar-refractivity contribution is 5.26. The lowest BCUT2D eigenvalue weighted by Crippen LogP contribution is -2.55. The van der Waals surface area contributed by atoms with Gasteiger partial charge in [0.05, 0.1) is 6.10 Å². The van der Waals surface area contributed by atoms with Gasteiger partial charge in [-0.25, -0.2) is 0 Å². The quantitative estimate of drug-likeness (QED) is 0.752. The lowest BCUT2D eigenvalue weighted by Gasteiger charge is -2.60. The summed E-state index contributed by atoms with van der Waals surface area (Å²) in [7, 11) is 0. The first-order chi connectivity index (χ1) is 10.3. The van der Waals surface area contributed by atoms with Crippen molar-refractivity contribution < 1.29 is 10.2 Å². The Hall–Kier alpha value is -0.340. The molecule has 0 aromatic rings. The van der Waals surface area contributed by atoms with E-state index in [1.807, 2.05) is 0 Å². The highest BCUT2D eigenvalue weighted by Crippen LogP contribution is 2.63. The van der Waals surface area contributed by atoms with E-state index in [1.54, 1.807) is 0 Å². The van der Waals surface area contributed by atoms with E-state index in [0.717, 1.165) is 12.8 Å². The summed E-state index contributed by atoms with van der Waals surface area (Å²) < 4.78 is 0. The molecule has 3 rings (SSSR count). The molecule has 0 saturated heterocycles. The molecule has 0 spiro atoms. The molecule has 0 aromatic heterocycles. The number of aliphatic hydroxyl groups excluding tert-OH is 2. The van der Waals surface area contributed by atoms with Crippen LogP contribution in [-0.2, 0) is 0 Å². The molecule has 0 aliphatic heterocycles. The van der Waals surface area contributed by atoms with Gasteiger partial charge in [-0.05, 0) is 72.2 Å². The van der Waals surface area contributed by atoms with E-state index in [9.17, 15) is 10.2 Å². The molecule has 0 bridgehead atoms. The van der Waals surface area contributed by atoms with Crippen molar-refractivity contribution in [1.82, 2.24) is 0 Å². The minimum atomic E-state index is -0.284. The van der Waals surface area contributed by atoms with Crippen LogP contribution in [0.25, 0.3) is 0 Å². The fourth-order valence-electron chi connectivity index (χ4n) is 6.09. The first-order valence-electron chi connectivity index (χ1n) is 9.32. The van der Waals surface area contributed by atoms with Gasteiger partial charge in [-0.1, -0.05) is 40.2 Å². The van der Waals surface area contributed by atoms with E-state index >= 15 is 0 Å². The smallest absolute Gasteiger partial charge is 0.0756 e. The van der Waals surface area contributed by atoms with E-state index in [0.29, 0.717) is 23.7 Å². The Kier molecular flexibility index (Phi) is 4.23. The maximum absolute atomic E-state index is 10.8. The fourth-order valence-corrected chi connectivity index (χ4v) is 6.09. The molecule has 3 aliphatic carbocycles. The average Bonchev–Trinajstić information content (AvgIpc) is 2.49. The summed E-state index contributed by atoms with van der Waals surface area (Å²) in [5, 5.41) is 20.8. The van der Waals surface area contributed by atoms with Crippen LogP contribution in [0, 0.1) is 34.5 Å². The van der Waals surface area contributed by atoms with Gasteiger partial charge in [0, 0.05) is 6.61 Å². The van der Waals surface area contributed by atoms with Crippen LogP contribution in [0.4, 0.5) is 0 Å². The molecule has 2 fully saturated rings. The molecule has 2 saturated carbocycles. The molecule has 2 heteroatoms. The number of hydrogen-bond acceptors (Lipinski definition) is 2. The van der Waals surface area contributed by atoms with Crippen molar-refractivity contribution in [2.45, 2.75) is 72.3 Å². The Morgan fingerprint density at radius 2 is 1.95 bits per heavy atom. The highest BCUT2D eigenvalue weighted by atomic mass is 16.3. The first-order valence-corrected chi connectivity index (χ1v) is 9.32. The van der Waals surface area contributed by atoms with Gasteiger partial charge in [-0.15, -0.1) is 0 Å². The van der Waals surface area contributed by atoms with E-state index < -0.39 is 0 Å². The topological polar surface area (TPSA) is 40.5 Å². The second-order valence-corrected chi connectivity index (χ2v) is 9.18. The molecule has 0 heterocycles. The molecule has 0 unspecified atom stereocenters. The minimum absolute atomic E-state index is 0.00555. The molecule has 0 amide bonds. The molecule has 0 aromatic carbocycles. The second kappa shape index (κ2) is 5.63. The summed E-state index contributed by atoms with van der Waals surface area (Å²) in [6.07, 6.45) is 9.06. The molecule has 6 atom stereocenters. The van der Waals surface area contributed by atoms with Gasteiger partial charge in [0.15, 0.2) is 0 Å². The normalized spacial score (nSPS) is 48.6. The molecule has 3 aliphatic rings. The SMILES string of the molecule is CC(C)[C@@H]1C=C2[C@H](O)C[C@H]3[C@](C)(CO)CCC[C@]3(C)[C@H]2CC1. The Balaban J connectivity index is 1.97. The summed E-state index contributed by atoms with van der Waals surface area (Å²) in [6.45, 7) is 9.55. The summed E-state index contributed by atoms with van der Waals surface area (Å²) in [6, 6.07) is 0. The largest absolute Gasteiger partial charge is 0.396 e. The predicted octanol–water partition coefficient (Wildman–Crippen LogP) is 4.16. The number of rotatable bonds is 2. The zero-order chi connectivity index (χ0) is 16.1. The first kappa shape index (κ1) is 16.5. The average molecular weight is 306 g/mol. The third kappa shape index (κ3) is 2.38.